The SMILES string of the molecule is COCCC(C)C(=O)CC1CCCO1. The van der Waals surface area contributed by atoms with Gasteiger partial charge >= 0.3 is 0 Å². The highest BCUT2D eigenvalue weighted by Crippen LogP contribution is 2.18. The highest BCUT2D eigenvalue weighted by molar-refractivity contribution is 5.81. The Balaban J connectivity index is 2.18. The van der Waals surface area contributed by atoms with Crippen molar-refractivity contribution in [3.8, 4) is 0 Å². The number of Topliss-reactive ketones (excluding diaryl/α,β-unsaturated/α-hetero) is 1. The second-order valence-corrected chi connectivity index (χ2v) is 3.99. The topological polar surface area (TPSA) is 35.5 Å². The summed E-state index contributed by atoms with van der Waals surface area (Å²) >= 11 is 0. The maximum absolute atomic E-state index is 11.7. The zero-order valence-corrected chi connectivity index (χ0v) is 9.12. The highest BCUT2D eigenvalue weighted by Gasteiger charge is 2.21. The lowest BCUT2D eigenvalue weighted by Crippen LogP contribution is -2.19. The van der Waals surface area contributed by atoms with Gasteiger partial charge in [0.1, 0.15) is 5.78 Å². The summed E-state index contributed by atoms with van der Waals surface area (Å²) in [5.41, 5.74) is 0. The van der Waals surface area contributed by atoms with Gasteiger partial charge in [-0.1, -0.05) is 6.92 Å². The van der Waals surface area contributed by atoms with E-state index in [1.54, 1.807) is 7.11 Å². The van der Waals surface area contributed by atoms with E-state index in [9.17, 15) is 4.79 Å². The van der Waals surface area contributed by atoms with Crippen LogP contribution in [0.3, 0.4) is 0 Å². The first-order valence-electron chi connectivity index (χ1n) is 5.37. The van der Waals surface area contributed by atoms with Crippen molar-refractivity contribution in [1.82, 2.24) is 0 Å². The van der Waals surface area contributed by atoms with Crippen LogP contribution in [0.4, 0.5) is 0 Å². The highest BCUT2D eigenvalue weighted by atomic mass is 16.5. The molecule has 2 atom stereocenters. The Morgan fingerprint density at radius 2 is 2.43 bits per heavy atom. The van der Waals surface area contributed by atoms with E-state index < -0.39 is 0 Å². The molecule has 1 fully saturated rings. The van der Waals surface area contributed by atoms with Gasteiger partial charge in [0.05, 0.1) is 6.10 Å². The molecule has 0 amide bonds. The monoisotopic (exact) mass is 200 g/mol. The van der Waals surface area contributed by atoms with Crippen molar-refractivity contribution in [1.29, 1.82) is 0 Å². The van der Waals surface area contributed by atoms with E-state index in [0.29, 0.717) is 18.8 Å². The molecule has 3 heteroatoms. The van der Waals surface area contributed by atoms with Crippen molar-refractivity contribution in [3.05, 3.63) is 0 Å². The molecule has 0 aromatic carbocycles. The summed E-state index contributed by atoms with van der Waals surface area (Å²) in [6.07, 6.45) is 3.74. The van der Waals surface area contributed by atoms with Gasteiger partial charge in [-0.05, 0) is 19.3 Å². The fourth-order valence-corrected chi connectivity index (χ4v) is 1.69. The number of carbonyl (C=O) groups excluding carboxylic acids is 1. The van der Waals surface area contributed by atoms with Crippen molar-refractivity contribution in [3.63, 3.8) is 0 Å². The van der Waals surface area contributed by atoms with Gasteiger partial charge in [-0.25, -0.2) is 0 Å². The second-order valence-electron chi connectivity index (χ2n) is 3.99. The van der Waals surface area contributed by atoms with Gasteiger partial charge in [-0.2, -0.15) is 0 Å². The molecule has 14 heavy (non-hydrogen) atoms. The molecule has 1 aliphatic rings. The zero-order valence-electron chi connectivity index (χ0n) is 9.12. The van der Waals surface area contributed by atoms with Gasteiger partial charge in [0.25, 0.3) is 0 Å². The molecule has 1 saturated heterocycles. The number of carbonyl (C=O) groups is 1. The summed E-state index contributed by atoms with van der Waals surface area (Å²) in [5.74, 6) is 0.424. The predicted octanol–water partition coefficient (Wildman–Crippen LogP) is 1.80. The number of methoxy groups -OCH3 is 1. The van der Waals surface area contributed by atoms with E-state index in [1.165, 1.54) is 0 Å². The lowest BCUT2D eigenvalue weighted by molar-refractivity contribution is -0.125. The van der Waals surface area contributed by atoms with Crippen LogP contribution in [-0.2, 0) is 14.3 Å². The van der Waals surface area contributed by atoms with Crippen LogP contribution in [-0.4, -0.2) is 32.2 Å². The van der Waals surface area contributed by atoms with Crippen LogP contribution in [0.1, 0.15) is 32.6 Å². The van der Waals surface area contributed by atoms with Crippen LogP contribution in [0, 0.1) is 5.92 Å². The maximum Gasteiger partial charge on any atom is 0.138 e. The van der Waals surface area contributed by atoms with Crippen LogP contribution in [0.5, 0.6) is 0 Å². The molecule has 0 aliphatic carbocycles. The minimum atomic E-state index is 0.110. The standard InChI is InChI=1S/C11H20O3/c1-9(5-7-13-2)11(12)8-10-4-3-6-14-10/h9-10H,3-8H2,1-2H3. The van der Waals surface area contributed by atoms with E-state index in [2.05, 4.69) is 0 Å². The molecule has 82 valence electrons. The molecule has 2 unspecified atom stereocenters. The fraction of sp³-hybridized carbons (Fsp3) is 0.909. The molecule has 0 aromatic heterocycles. The lowest BCUT2D eigenvalue weighted by atomic mass is 9.97. The summed E-state index contributed by atoms with van der Waals surface area (Å²) in [6.45, 7) is 3.46. The van der Waals surface area contributed by atoms with Crippen LogP contribution >= 0.6 is 0 Å². The fourth-order valence-electron chi connectivity index (χ4n) is 1.69. The Morgan fingerprint density at radius 3 is 3.00 bits per heavy atom. The molecule has 1 rings (SSSR count). The molecular formula is C11H20O3. The lowest BCUT2D eigenvalue weighted by Gasteiger charge is -2.13. The van der Waals surface area contributed by atoms with Gasteiger partial charge in [-0.15, -0.1) is 0 Å². The van der Waals surface area contributed by atoms with Crippen molar-refractivity contribution in [2.24, 2.45) is 5.92 Å². The third-order valence-electron chi connectivity index (χ3n) is 2.76. The molecule has 3 nitrogen and oxygen atoms in total. The molecule has 0 N–H and O–H groups in total. The third kappa shape index (κ3) is 3.76. The first kappa shape index (κ1) is 11.7. The first-order chi connectivity index (χ1) is 6.74. The smallest absolute Gasteiger partial charge is 0.138 e. The predicted molar refractivity (Wildman–Crippen MR) is 54.3 cm³/mol. The minimum Gasteiger partial charge on any atom is -0.385 e. The molecule has 0 bridgehead atoms. The number of hydrogen-bond donors (Lipinski definition) is 0. The third-order valence-corrected chi connectivity index (χ3v) is 2.76. The number of ether oxygens (including phenoxy) is 2. The largest absolute Gasteiger partial charge is 0.385 e. The number of ketones is 1. The summed E-state index contributed by atoms with van der Waals surface area (Å²) in [6, 6.07) is 0. The van der Waals surface area contributed by atoms with Crippen LogP contribution in [0.25, 0.3) is 0 Å². The molecular weight excluding hydrogens is 180 g/mol. The molecule has 1 heterocycles. The van der Waals surface area contributed by atoms with E-state index in [1.807, 2.05) is 6.92 Å². The summed E-state index contributed by atoms with van der Waals surface area (Å²) < 4.78 is 10.4. The molecule has 0 saturated carbocycles. The van der Waals surface area contributed by atoms with Crippen molar-refractivity contribution >= 4 is 5.78 Å². The molecule has 1 aliphatic heterocycles. The average molecular weight is 200 g/mol. The van der Waals surface area contributed by atoms with E-state index in [0.717, 1.165) is 25.9 Å². The molecule has 0 radical (unpaired) electrons. The number of rotatable bonds is 6. The van der Waals surface area contributed by atoms with Crippen LogP contribution in [0.15, 0.2) is 0 Å². The van der Waals surface area contributed by atoms with Crippen LogP contribution in [0.2, 0.25) is 0 Å². The Hall–Kier alpha value is -0.410. The van der Waals surface area contributed by atoms with Crippen LogP contribution < -0.4 is 0 Å². The van der Waals surface area contributed by atoms with Crippen molar-refractivity contribution in [2.75, 3.05) is 20.3 Å². The quantitative estimate of drug-likeness (QED) is 0.656. The van der Waals surface area contributed by atoms with E-state index in [-0.39, 0.29) is 12.0 Å². The molecule has 0 aromatic rings. The Kier molecular flexibility index (Phi) is 5.12. The van der Waals surface area contributed by atoms with Gasteiger partial charge in [-0.3, -0.25) is 4.79 Å². The number of hydrogen-bond acceptors (Lipinski definition) is 3. The van der Waals surface area contributed by atoms with E-state index in [4.69, 9.17) is 9.47 Å². The zero-order chi connectivity index (χ0) is 10.4. The Morgan fingerprint density at radius 1 is 1.64 bits per heavy atom. The van der Waals surface area contributed by atoms with Gasteiger partial charge in [0, 0.05) is 32.7 Å². The average Bonchev–Trinajstić information content (AvgIpc) is 2.66. The van der Waals surface area contributed by atoms with Crippen molar-refractivity contribution < 1.29 is 14.3 Å². The van der Waals surface area contributed by atoms with E-state index >= 15 is 0 Å². The van der Waals surface area contributed by atoms with Gasteiger partial charge < -0.3 is 9.47 Å². The Bertz CT molecular complexity index is 173. The molecule has 0 spiro atoms. The minimum absolute atomic E-state index is 0.110. The van der Waals surface area contributed by atoms with Gasteiger partial charge in [0.2, 0.25) is 0 Å². The van der Waals surface area contributed by atoms with Gasteiger partial charge in [0.15, 0.2) is 0 Å². The summed E-state index contributed by atoms with van der Waals surface area (Å²) in [7, 11) is 1.66. The first-order valence-corrected chi connectivity index (χ1v) is 5.37. The second kappa shape index (κ2) is 6.14. The van der Waals surface area contributed by atoms with Crippen molar-refractivity contribution in [2.45, 2.75) is 38.7 Å². The summed E-state index contributed by atoms with van der Waals surface area (Å²) in [5, 5.41) is 0. The maximum atomic E-state index is 11.7. The Labute approximate surface area is 85.8 Å². The summed E-state index contributed by atoms with van der Waals surface area (Å²) in [4.78, 5) is 11.7. The normalized spacial score (nSPS) is 23.7.